The third-order valence-electron chi connectivity index (χ3n) is 4.79. The lowest BCUT2D eigenvalue weighted by atomic mass is 10.1. The molecular formula is C17H22N8O7S. The minimum absolute atomic E-state index is 0.0572. The van der Waals surface area contributed by atoms with Crippen molar-refractivity contribution in [3.8, 4) is 0 Å². The van der Waals surface area contributed by atoms with Crippen molar-refractivity contribution in [2.24, 2.45) is 5.11 Å². The van der Waals surface area contributed by atoms with Gasteiger partial charge in [-0.25, -0.2) is 9.59 Å². The zero-order valence-electron chi connectivity index (χ0n) is 17.1. The highest BCUT2D eigenvalue weighted by Crippen LogP contribution is 2.30. The number of thioether (sulfide) groups is 1. The first kappa shape index (κ1) is 24.5. The van der Waals surface area contributed by atoms with Crippen molar-refractivity contribution >= 4 is 17.6 Å². The van der Waals surface area contributed by atoms with E-state index in [4.69, 9.17) is 31.0 Å². The Morgan fingerprint density at radius 1 is 1.21 bits per heavy atom. The number of rotatable bonds is 5. The molecule has 2 fully saturated rings. The first-order chi connectivity index (χ1) is 15.9. The molecule has 0 aromatic carbocycles. The Kier molecular flexibility index (Phi) is 8.26. The SMILES string of the molecule is Nc1ccn([C@@H]2CS[C@H](CO)O2)c(=O)n1.[N-]=[N+]=N[C@H]1C[C@H](n2ccc(=O)[nH]c2=O)O[C@@H]1CO. The number of H-pyrrole nitrogens is 1. The number of nitrogens with two attached hydrogens (primary N) is 1. The Bertz CT molecular complexity index is 1180. The van der Waals surface area contributed by atoms with E-state index in [2.05, 4.69) is 20.0 Å². The highest BCUT2D eigenvalue weighted by atomic mass is 32.2. The van der Waals surface area contributed by atoms with Gasteiger partial charge >= 0.3 is 11.4 Å². The topological polar surface area (TPSA) is 223 Å². The first-order valence-electron chi connectivity index (χ1n) is 9.70. The van der Waals surface area contributed by atoms with Gasteiger partial charge in [-0.2, -0.15) is 4.98 Å². The summed E-state index contributed by atoms with van der Waals surface area (Å²) in [5.74, 6) is 0.817. The molecule has 0 bridgehead atoms. The Morgan fingerprint density at radius 2 is 1.97 bits per heavy atom. The number of azide groups is 1. The van der Waals surface area contributed by atoms with E-state index < -0.39 is 35.3 Å². The van der Waals surface area contributed by atoms with Crippen LogP contribution in [0.5, 0.6) is 0 Å². The summed E-state index contributed by atoms with van der Waals surface area (Å²) in [5, 5.41) is 21.5. The number of ether oxygens (including phenoxy) is 2. The second-order valence-electron chi connectivity index (χ2n) is 6.92. The average molecular weight is 482 g/mol. The van der Waals surface area contributed by atoms with Crippen LogP contribution in [-0.4, -0.2) is 65.9 Å². The second kappa shape index (κ2) is 11.1. The quantitative estimate of drug-likeness (QED) is 0.229. The van der Waals surface area contributed by atoms with E-state index in [0.717, 1.165) is 0 Å². The van der Waals surface area contributed by atoms with Crippen molar-refractivity contribution in [1.29, 1.82) is 0 Å². The van der Waals surface area contributed by atoms with Crippen LogP contribution in [0.25, 0.3) is 10.4 Å². The van der Waals surface area contributed by atoms with Crippen LogP contribution in [0.2, 0.25) is 0 Å². The predicted octanol–water partition coefficient (Wildman–Crippen LogP) is -1.10. The van der Waals surface area contributed by atoms with Crippen LogP contribution in [-0.2, 0) is 9.47 Å². The highest BCUT2D eigenvalue weighted by Gasteiger charge is 2.35. The van der Waals surface area contributed by atoms with Crippen molar-refractivity contribution in [1.82, 2.24) is 19.1 Å². The molecule has 178 valence electrons. The number of aliphatic hydroxyl groups is 2. The van der Waals surface area contributed by atoms with E-state index in [1.165, 1.54) is 33.2 Å². The molecule has 5 N–H and O–H groups in total. The van der Waals surface area contributed by atoms with Crippen molar-refractivity contribution in [3.63, 3.8) is 0 Å². The molecule has 0 aliphatic carbocycles. The summed E-state index contributed by atoms with van der Waals surface area (Å²) in [5.41, 5.74) is 12.0. The number of aromatic amines is 1. The Morgan fingerprint density at radius 3 is 2.58 bits per heavy atom. The maximum Gasteiger partial charge on any atom is 0.351 e. The number of anilines is 1. The highest BCUT2D eigenvalue weighted by molar-refractivity contribution is 8.00. The molecule has 2 aromatic rings. The van der Waals surface area contributed by atoms with Crippen LogP contribution >= 0.6 is 11.8 Å². The molecule has 2 aromatic heterocycles. The van der Waals surface area contributed by atoms with E-state index in [1.807, 2.05) is 0 Å². The molecule has 4 rings (SSSR count). The van der Waals surface area contributed by atoms with Crippen LogP contribution in [0.3, 0.4) is 0 Å². The van der Waals surface area contributed by atoms with Gasteiger partial charge in [0.2, 0.25) is 0 Å². The lowest BCUT2D eigenvalue weighted by Crippen LogP contribution is -2.31. The van der Waals surface area contributed by atoms with Crippen LogP contribution in [0.1, 0.15) is 18.9 Å². The van der Waals surface area contributed by atoms with E-state index in [-0.39, 0.29) is 37.1 Å². The van der Waals surface area contributed by atoms with Gasteiger partial charge in [-0.15, -0.1) is 11.8 Å². The van der Waals surface area contributed by atoms with Gasteiger partial charge in [0.15, 0.2) is 0 Å². The average Bonchev–Trinajstić information content (AvgIpc) is 3.41. The zero-order valence-corrected chi connectivity index (χ0v) is 17.9. The summed E-state index contributed by atoms with van der Waals surface area (Å²) < 4.78 is 13.4. The lowest BCUT2D eigenvalue weighted by Gasteiger charge is -2.13. The Labute approximate surface area is 189 Å². The monoisotopic (exact) mass is 482 g/mol. The standard InChI is InChI=1S/C9H11N5O4.C8H11N3O3S/c10-13-12-5-3-8(18-6(5)4-15)14-2-1-7(16)11-9(14)17;9-5-1-2-11(8(13)10-5)6-4-15-7(3-12)14-6/h1-2,5-6,8,15H,3-4H2,(H,11,16,17);1-2,6-7,12H,3-4H2,(H2,9,10,13)/t5-,6+,8+;6-,7+/m00/s1. The largest absolute Gasteiger partial charge is 0.394 e. The van der Waals surface area contributed by atoms with Gasteiger partial charge in [0.25, 0.3) is 5.56 Å². The molecule has 2 saturated heterocycles. The number of hydrogen-bond donors (Lipinski definition) is 4. The lowest BCUT2D eigenvalue weighted by molar-refractivity contribution is -0.0270. The first-order valence-corrected chi connectivity index (χ1v) is 10.8. The Hall–Kier alpha value is -3.14. The second-order valence-corrected chi connectivity index (χ2v) is 8.11. The summed E-state index contributed by atoms with van der Waals surface area (Å²) >= 11 is 1.47. The van der Waals surface area contributed by atoms with E-state index in [1.54, 1.807) is 12.3 Å². The molecule has 15 nitrogen and oxygen atoms in total. The van der Waals surface area contributed by atoms with Crippen LogP contribution < -0.4 is 22.7 Å². The van der Waals surface area contributed by atoms with Crippen molar-refractivity contribution < 1.29 is 19.7 Å². The minimum Gasteiger partial charge on any atom is -0.394 e. The van der Waals surface area contributed by atoms with Gasteiger partial charge in [-0.1, -0.05) is 5.11 Å². The molecule has 4 heterocycles. The molecule has 0 unspecified atom stereocenters. The number of nitrogens with one attached hydrogen (secondary N) is 1. The van der Waals surface area contributed by atoms with Crippen molar-refractivity contribution in [2.45, 2.75) is 36.5 Å². The summed E-state index contributed by atoms with van der Waals surface area (Å²) in [6.07, 6.45) is 1.44. The van der Waals surface area contributed by atoms with Crippen LogP contribution in [0.4, 0.5) is 5.82 Å². The minimum atomic E-state index is -0.665. The number of nitrogen functional groups attached to an aromatic ring is 1. The van der Waals surface area contributed by atoms with Gasteiger partial charge in [0.05, 0.1) is 25.4 Å². The normalized spacial score (nSPS) is 26.3. The maximum atomic E-state index is 11.5. The number of aliphatic hydroxyl groups excluding tert-OH is 2. The molecule has 16 heteroatoms. The number of nitrogens with zero attached hydrogens (tertiary/aromatic N) is 6. The summed E-state index contributed by atoms with van der Waals surface area (Å²) in [7, 11) is 0. The maximum absolute atomic E-state index is 11.5. The molecule has 33 heavy (non-hydrogen) atoms. The molecular weight excluding hydrogens is 460 g/mol. The molecule has 2 aliphatic rings. The van der Waals surface area contributed by atoms with Crippen LogP contribution in [0.15, 0.2) is 44.0 Å². The van der Waals surface area contributed by atoms with Gasteiger partial charge in [-0.3, -0.25) is 18.9 Å². The summed E-state index contributed by atoms with van der Waals surface area (Å²) in [6.45, 7) is -0.364. The summed E-state index contributed by atoms with van der Waals surface area (Å²) in [6, 6.07) is 2.20. The fourth-order valence-corrected chi connectivity index (χ4v) is 4.15. The zero-order chi connectivity index (χ0) is 24.0. The molecule has 0 saturated carbocycles. The third-order valence-corrected chi connectivity index (χ3v) is 5.90. The van der Waals surface area contributed by atoms with Crippen molar-refractivity contribution in [2.75, 3.05) is 24.7 Å². The van der Waals surface area contributed by atoms with E-state index in [0.29, 0.717) is 5.75 Å². The number of aromatic nitrogens is 4. The molecule has 2 aliphatic heterocycles. The fraction of sp³-hybridized carbons (Fsp3) is 0.529. The number of hydrogen-bond acceptors (Lipinski definition) is 11. The van der Waals surface area contributed by atoms with E-state index >= 15 is 0 Å². The van der Waals surface area contributed by atoms with Crippen LogP contribution in [0, 0.1) is 0 Å². The van der Waals surface area contributed by atoms with Gasteiger partial charge in [-0.05, 0) is 11.6 Å². The molecule has 0 radical (unpaired) electrons. The Balaban J connectivity index is 0.000000189. The van der Waals surface area contributed by atoms with E-state index in [9.17, 15) is 14.4 Å². The fourth-order valence-electron chi connectivity index (χ4n) is 3.22. The smallest absolute Gasteiger partial charge is 0.351 e. The summed E-state index contributed by atoms with van der Waals surface area (Å²) in [4.78, 5) is 42.3. The van der Waals surface area contributed by atoms with Crippen molar-refractivity contribution in [3.05, 3.63) is 66.3 Å². The van der Waals surface area contributed by atoms with Gasteiger partial charge in [0.1, 0.15) is 23.7 Å². The third kappa shape index (κ3) is 6.01. The van der Waals surface area contributed by atoms with Gasteiger partial charge in [0, 0.05) is 35.5 Å². The predicted molar refractivity (Wildman–Crippen MR) is 116 cm³/mol. The molecule has 0 amide bonds. The molecule has 0 spiro atoms. The van der Waals surface area contributed by atoms with Gasteiger partial charge < -0.3 is 25.4 Å². The molecule has 5 atom stereocenters.